The summed E-state index contributed by atoms with van der Waals surface area (Å²) in [5.74, 6) is 0.873. The van der Waals surface area contributed by atoms with Crippen LogP contribution in [-0.2, 0) is 11.8 Å². The van der Waals surface area contributed by atoms with Gasteiger partial charge in [-0.25, -0.2) is 9.89 Å². The number of thioether (sulfide) groups is 1. The molecule has 1 aromatic rings. The minimum atomic E-state index is -0.172. The van der Waals surface area contributed by atoms with Crippen LogP contribution in [0.4, 0.5) is 0 Å². The molecule has 1 saturated heterocycles. The number of aromatic amines is 1. The standard InChI is InChI=1S/C6H9N3O2S/c1-9-5(10)7-8-6(9)12-3-4-2-11-4/h4H,2-3H2,1H3,(H,7,10). The zero-order valence-corrected chi connectivity index (χ0v) is 7.43. The maximum atomic E-state index is 10.9. The Morgan fingerprint density at radius 1 is 1.92 bits per heavy atom. The van der Waals surface area contributed by atoms with E-state index in [0.717, 1.165) is 17.5 Å². The van der Waals surface area contributed by atoms with E-state index in [1.807, 2.05) is 0 Å². The Morgan fingerprint density at radius 2 is 2.67 bits per heavy atom. The summed E-state index contributed by atoms with van der Waals surface area (Å²) >= 11 is 1.53. The summed E-state index contributed by atoms with van der Waals surface area (Å²) in [6.07, 6.45) is 0.363. The van der Waals surface area contributed by atoms with E-state index in [2.05, 4.69) is 10.2 Å². The predicted molar refractivity (Wildman–Crippen MR) is 44.3 cm³/mol. The number of hydrogen-bond donors (Lipinski definition) is 1. The Balaban J connectivity index is 2.01. The highest BCUT2D eigenvalue weighted by molar-refractivity contribution is 7.99. The van der Waals surface area contributed by atoms with Crippen LogP contribution in [0.25, 0.3) is 0 Å². The molecular weight excluding hydrogens is 178 g/mol. The molecule has 0 bridgehead atoms. The van der Waals surface area contributed by atoms with Gasteiger partial charge in [-0.15, -0.1) is 5.10 Å². The maximum Gasteiger partial charge on any atom is 0.343 e. The van der Waals surface area contributed by atoms with Gasteiger partial charge >= 0.3 is 5.69 Å². The number of epoxide rings is 1. The van der Waals surface area contributed by atoms with E-state index < -0.39 is 0 Å². The summed E-state index contributed by atoms with van der Waals surface area (Å²) in [7, 11) is 1.70. The van der Waals surface area contributed by atoms with Gasteiger partial charge in [-0.1, -0.05) is 11.8 Å². The van der Waals surface area contributed by atoms with Crippen LogP contribution < -0.4 is 5.69 Å². The fourth-order valence-electron chi connectivity index (χ4n) is 0.793. The molecule has 2 rings (SSSR count). The lowest BCUT2D eigenvalue weighted by atomic mass is 10.6. The second kappa shape index (κ2) is 2.95. The molecule has 5 nitrogen and oxygen atoms in total. The van der Waals surface area contributed by atoms with Crippen molar-refractivity contribution in [2.75, 3.05) is 12.4 Å². The van der Waals surface area contributed by atoms with Crippen LogP contribution in [-0.4, -0.2) is 33.2 Å². The van der Waals surface area contributed by atoms with E-state index in [4.69, 9.17) is 4.74 Å². The van der Waals surface area contributed by atoms with Gasteiger partial charge in [-0.3, -0.25) is 4.57 Å². The van der Waals surface area contributed by atoms with Crippen LogP contribution in [0.3, 0.4) is 0 Å². The summed E-state index contributed by atoms with van der Waals surface area (Å²) in [4.78, 5) is 10.9. The van der Waals surface area contributed by atoms with Crippen LogP contribution in [0.15, 0.2) is 9.95 Å². The quantitative estimate of drug-likeness (QED) is 0.516. The smallest absolute Gasteiger partial charge is 0.343 e. The Bertz CT molecular complexity index is 328. The van der Waals surface area contributed by atoms with Crippen LogP contribution >= 0.6 is 11.8 Å². The molecule has 6 heteroatoms. The molecule has 1 unspecified atom stereocenters. The van der Waals surface area contributed by atoms with Gasteiger partial charge in [0.1, 0.15) is 0 Å². The molecule has 1 N–H and O–H groups in total. The van der Waals surface area contributed by atoms with E-state index in [1.165, 1.54) is 16.3 Å². The third-order valence-corrected chi connectivity index (χ3v) is 2.80. The first-order chi connectivity index (χ1) is 5.77. The van der Waals surface area contributed by atoms with Gasteiger partial charge in [-0.2, -0.15) is 0 Å². The second-order valence-electron chi connectivity index (χ2n) is 2.64. The molecule has 1 atom stereocenters. The zero-order chi connectivity index (χ0) is 8.55. The minimum Gasteiger partial charge on any atom is -0.372 e. The molecule has 66 valence electrons. The molecule has 12 heavy (non-hydrogen) atoms. The minimum absolute atomic E-state index is 0.172. The number of ether oxygens (including phenoxy) is 1. The summed E-state index contributed by atoms with van der Waals surface area (Å²) in [5, 5.41) is 6.94. The largest absolute Gasteiger partial charge is 0.372 e. The van der Waals surface area contributed by atoms with E-state index >= 15 is 0 Å². The van der Waals surface area contributed by atoms with Gasteiger partial charge in [0.05, 0.1) is 12.7 Å². The average molecular weight is 187 g/mol. The number of rotatable bonds is 3. The molecule has 1 fully saturated rings. The number of nitrogens with zero attached hydrogens (tertiary/aromatic N) is 2. The molecule has 1 aromatic heterocycles. The van der Waals surface area contributed by atoms with Crippen molar-refractivity contribution in [3.63, 3.8) is 0 Å². The molecule has 0 saturated carbocycles. The monoisotopic (exact) mass is 187 g/mol. The first-order valence-corrected chi connectivity index (χ1v) is 4.62. The molecule has 1 aliphatic rings. The molecular formula is C6H9N3O2S. The summed E-state index contributed by atoms with van der Waals surface area (Å²) < 4.78 is 6.52. The SMILES string of the molecule is Cn1c(SCC2CO2)n[nH]c1=O. The molecule has 0 aliphatic carbocycles. The van der Waals surface area contributed by atoms with Crippen LogP contribution in [0.5, 0.6) is 0 Å². The van der Waals surface area contributed by atoms with Crippen molar-refractivity contribution >= 4 is 11.8 Å². The Kier molecular flexibility index (Phi) is 1.93. The highest BCUT2D eigenvalue weighted by atomic mass is 32.2. The third kappa shape index (κ3) is 1.54. The van der Waals surface area contributed by atoms with E-state index in [9.17, 15) is 4.79 Å². The Hall–Kier alpha value is -0.750. The topological polar surface area (TPSA) is 63.2 Å². The second-order valence-corrected chi connectivity index (χ2v) is 3.62. The van der Waals surface area contributed by atoms with Crippen molar-refractivity contribution in [2.24, 2.45) is 7.05 Å². The van der Waals surface area contributed by atoms with Crippen molar-refractivity contribution < 1.29 is 4.74 Å². The first-order valence-electron chi connectivity index (χ1n) is 3.63. The van der Waals surface area contributed by atoms with Crippen molar-refractivity contribution in [3.05, 3.63) is 10.5 Å². The molecule has 1 aliphatic heterocycles. The summed E-state index contributed by atoms with van der Waals surface area (Å²) in [6, 6.07) is 0. The lowest BCUT2D eigenvalue weighted by Crippen LogP contribution is -2.13. The van der Waals surface area contributed by atoms with Crippen LogP contribution in [0.1, 0.15) is 0 Å². The average Bonchev–Trinajstić information content (AvgIpc) is 2.82. The maximum absolute atomic E-state index is 10.9. The van der Waals surface area contributed by atoms with Gasteiger partial charge in [0.2, 0.25) is 0 Å². The fraction of sp³-hybridized carbons (Fsp3) is 0.667. The molecule has 0 amide bonds. The normalized spacial score (nSPS) is 21.2. The zero-order valence-electron chi connectivity index (χ0n) is 6.61. The summed E-state index contributed by atoms with van der Waals surface area (Å²) in [6.45, 7) is 0.839. The summed E-state index contributed by atoms with van der Waals surface area (Å²) in [5.41, 5.74) is -0.172. The highest BCUT2D eigenvalue weighted by Gasteiger charge is 2.23. The Labute approximate surface area is 73.1 Å². The highest BCUT2D eigenvalue weighted by Crippen LogP contribution is 2.20. The number of H-pyrrole nitrogens is 1. The molecule has 2 heterocycles. The van der Waals surface area contributed by atoms with Crippen LogP contribution in [0.2, 0.25) is 0 Å². The predicted octanol–water partition coefficient (Wildman–Crippen LogP) is -0.401. The molecule has 0 aromatic carbocycles. The molecule has 0 radical (unpaired) electrons. The van der Waals surface area contributed by atoms with Gasteiger partial charge in [0.25, 0.3) is 0 Å². The number of nitrogens with one attached hydrogen (secondary N) is 1. The number of aromatic nitrogens is 3. The van der Waals surface area contributed by atoms with Gasteiger partial charge in [0.15, 0.2) is 5.16 Å². The van der Waals surface area contributed by atoms with E-state index in [-0.39, 0.29) is 5.69 Å². The first kappa shape index (κ1) is 7.88. The van der Waals surface area contributed by atoms with Gasteiger partial charge in [-0.05, 0) is 0 Å². The lowest BCUT2D eigenvalue weighted by Gasteiger charge is -1.95. The van der Waals surface area contributed by atoms with Crippen molar-refractivity contribution in [1.29, 1.82) is 0 Å². The van der Waals surface area contributed by atoms with Gasteiger partial charge in [0, 0.05) is 12.8 Å². The third-order valence-electron chi connectivity index (χ3n) is 1.64. The van der Waals surface area contributed by atoms with Crippen molar-refractivity contribution in [1.82, 2.24) is 14.8 Å². The fourth-order valence-corrected chi connectivity index (χ4v) is 1.71. The van der Waals surface area contributed by atoms with Crippen molar-refractivity contribution in [2.45, 2.75) is 11.3 Å². The Morgan fingerprint density at radius 3 is 3.17 bits per heavy atom. The van der Waals surface area contributed by atoms with E-state index in [1.54, 1.807) is 7.05 Å². The van der Waals surface area contributed by atoms with Crippen LogP contribution in [0, 0.1) is 0 Å². The van der Waals surface area contributed by atoms with Gasteiger partial charge < -0.3 is 4.74 Å². The van der Waals surface area contributed by atoms with Crippen molar-refractivity contribution in [3.8, 4) is 0 Å². The number of hydrogen-bond acceptors (Lipinski definition) is 4. The van der Waals surface area contributed by atoms with E-state index in [0.29, 0.717) is 6.10 Å². The molecule has 0 spiro atoms. The lowest BCUT2D eigenvalue weighted by molar-refractivity contribution is 0.426.